The molecule has 12 atom stereocenters. The molecule has 0 unspecified atom stereocenters. The number of Topliss-reactive ketones (excluding diaryl/α,β-unsaturated/α-hetero) is 2. The van der Waals surface area contributed by atoms with E-state index in [1.54, 1.807) is 64.2 Å². The van der Waals surface area contributed by atoms with Gasteiger partial charge in [0, 0.05) is 101 Å². The Morgan fingerprint density at radius 1 is 0.571 bits per heavy atom. The van der Waals surface area contributed by atoms with Gasteiger partial charge in [0.2, 0.25) is 23.1 Å². The largest absolute Gasteiger partial charge is 0.442 e. The topological polar surface area (TPSA) is 333 Å². The van der Waals surface area contributed by atoms with Gasteiger partial charge >= 0.3 is 12.2 Å². The maximum absolute atomic E-state index is 14.4. The first-order chi connectivity index (χ1) is 39.7. The standard InChI is InChI=1S/C62H88N6O16/c1-33-23-43-53(47(69)31-45(57(43)73)67-59(75)35(3)17-15-19-41(79-9)29-49(83-61(63)77)37(5)27-39(7)55(71)51(25-33)81-11)65-21-13-14-22-66-54-44-24-34(2)26-52(82-12)56(72)40(8)28-38(6)50(84-62(64)78)30-42(80-10)20-16-18-36(4)60(76)68-46(58(44)74)32-48(54)70/h15-20,27-28,31-34,39-42,49-52,55-56,65-66,71-72H,13-14,21-26,29-30H2,1-12H3,(H2,63,77)(H2,64,78)(H,67,75)(H,68,76)/b19-15-,20-16?,35-17+,36-18+,37-27+,38-28+/t33-,34-,39+,40+,41+,42+,49-,50-,51+,52+,55-,56-/m1/s1. The van der Waals surface area contributed by atoms with Gasteiger partial charge in [-0.1, -0.05) is 76.3 Å². The Morgan fingerprint density at radius 2 is 0.929 bits per heavy atom. The minimum atomic E-state index is -1.06. The Kier molecular flexibility index (Phi) is 27.6. The minimum absolute atomic E-state index is 0.0410. The number of ether oxygens (including phenoxy) is 6. The first-order valence-corrected chi connectivity index (χ1v) is 28.4. The van der Waals surface area contributed by atoms with E-state index in [9.17, 15) is 48.6 Å². The molecule has 0 fully saturated rings. The van der Waals surface area contributed by atoms with Gasteiger partial charge in [-0.15, -0.1) is 0 Å². The van der Waals surface area contributed by atoms with Gasteiger partial charge in [-0.05, 0) is 89.2 Å². The van der Waals surface area contributed by atoms with Crippen LogP contribution >= 0.6 is 0 Å². The van der Waals surface area contributed by atoms with Crippen molar-refractivity contribution in [2.45, 2.75) is 156 Å². The van der Waals surface area contributed by atoms with Crippen LogP contribution in [0.1, 0.15) is 107 Å². The zero-order chi connectivity index (χ0) is 62.5. The number of allylic oxidation sites excluding steroid dienone is 8. The summed E-state index contributed by atoms with van der Waals surface area (Å²) in [5.74, 6) is -5.24. The van der Waals surface area contributed by atoms with Crippen LogP contribution in [0.15, 0.2) is 117 Å². The Bertz CT molecular complexity index is 2580. The van der Waals surface area contributed by atoms with Crippen LogP contribution in [0.3, 0.4) is 0 Å². The quantitative estimate of drug-likeness (QED) is 0.0661. The SMILES string of the molecule is CO[C@H]1C[C@H](C)CC2=C(NCCCCNC3=C4C[C@@H](C)C[C@H](OC)[C@H](O)[C@@H](C)/C=C(\C)[C@H](OC(N)=O)C[C@@H](OC)/C=C\C=C(/C)C(=O)NC(=CC3=O)C4=O)C(=O)C=C(NC(=O)/C(C)=C/C=C[C@H](OC)C[C@@H](OC(N)=O)/C(C)=C/[C@H](C)[C@H]1O)C2=O. The van der Waals surface area contributed by atoms with E-state index in [1.807, 2.05) is 13.8 Å². The van der Waals surface area contributed by atoms with Gasteiger partial charge in [0.15, 0.2) is 0 Å². The van der Waals surface area contributed by atoms with E-state index in [-0.39, 0.29) is 109 Å². The molecule has 2 aliphatic carbocycles. The fourth-order valence-corrected chi connectivity index (χ4v) is 10.5. The molecule has 0 radical (unpaired) electrons. The summed E-state index contributed by atoms with van der Waals surface area (Å²) in [4.78, 5) is 108. The van der Waals surface area contributed by atoms with Gasteiger partial charge in [-0.3, -0.25) is 28.8 Å². The van der Waals surface area contributed by atoms with E-state index in [1.165, 1.54) is 54.4 Å². The molecule has 462 valence electrons. The van der Waals surface area contributed by atoms with Crippen LogP contribution < -0.4 is 32.7 Å². The Hall–Kier alpha value is -7.08. The Balaban J connectivity index is 1.61. The number of carbonyl (C=O) groups excluding carboxylic acids is 8. The monoisotopic (exact) mass is 1170 g/mol. The average Bonchev–Trinajstić information content (AvgIpc) is 3.36. The third kappa shape index (κ3) is 20.3. The lowest BCUT2D eigenvalue weighted by Gasteiger charge is -2.29. The molecule has 0 aromatic carbocycles. The molecule has 84 heavy (non-hydrogen) atoms. The van der Waals surface area contributed by atoms with E-state index in [0.29, 0.717) is 24.0 Å². The second-order valence-electron chi connectivity index (χ2n) is 22.2. The Labute approximate surface area is 493 Å². The maximum atomic E-state index is 14.4. The number of hydrogen-bond donors (Lipinski definition) is 8. The molecule has 0 aromatic rings. The van der Waals surface area contributed by atoms with Crippen molar-refractivity contribution in [2.75, 3.05) is 41.5 Å². The minimum Gasteiger partial charge on any atom is -0.442 e. The van der Waals surface area contributed by atoms with Crippen molar-refractivity contribution in [1.82, 2.24) is 21.3 Å². The van der Waals surface area contributed by atoms with Crippen molar-refractivity contribution in [3.63, 3.8) is 0 Å². The van der Waals surface area contributed by atoms with E-state index < -0.39 is 108 Å². The molecule has 10 N–H and O–H groups in total. The number of hydrogen-bond acceptors (Lipinski definition) is 18. The van der Waals surface area contributed by atoms with E-state index in [4.69, 9.17) is 39.9 Å². The summed E-state index contributed by atoms with van der Waals surface area (Å²) in [5, 5.41) is 34.8. The van der Waals surface area contributed by atoms with Crippen molar-refractivity contribution in [3.8, 4) is 0 Å². The molecule has 4 bridgehead atoms. The fraction of sp³-hybridized carbons (Fsp3) is 0.548. The van der Waals surface area contributed by atoms with Crippen molar-refractivity contribution in [1.29, 1.82) is 0 Å². The van der Waals surface area contributed by atoms with E-state index in [2.05, 4.69) is 21.3 Å². The molecule has 22 nitrogen and oxygen atoms in total. The van der Waals surface area contributed by atoms with E-state index >= 15 is 0 Å². The number of rotatable bonds is 13. The first-order valence-electron chi connectivity index (χ1n) is 28.4. The van der Waals surface area contributed by atoms with Crippen molar-refractivity contribution in [2.24, 2.45) is 35.1 Å². The predicted octanol–water partition coefficient (Wildman–Crippen LogP) is 5.28. The molecule has 0 spiro atoms. The molecule has 4 rings (SSSR count). The summed E-state index contributed by atoms with van der Waals surface area (Å²) in [5.41, 5.74) is 12.4. The Morgan fingerprint density at radius 3 is 1.25 bits per heavy atom. The van der Waals surface area contributed by atoms with Gasteiger partial charge in [-0.2, -0.15) is 0 Å². The molecule has 4 amide bonds. The number of nitrogens with two attached hydrogens (primary N) is 2. The molecular weight excluding hydrogens is 1080 g/mol. The molecule has 2 aliphatic heterocycles. The highest BCUT2D eigenvalue weighted by molar-refractivity contribution is 6.24. The van der Waals surface area contributed by atoms with Gasteiger partial charge in [-0.25, -0.2) is 9.59 Å². The predicted molar refractivity (Wildman–Crippen MR) is 314 cm³/mol. The zero-order valence-electron chi connectivity index (χ0n) is 50.5. The number of ketones is 4. The summed E-state index contributed by atoms with van der Waals surface area (Å²) >= 11 is 0. The number of aliphatic hydroxyl groups excluding tert-OH is 2. The van der Waals surface area contributed by atoms with Crippen molar-refractivity contribution >= 4 is 47.1 Å². The summed E-state index contributed by atoms with van der Waals surface area (Å²) in [7, 11) is 5.86. The number of carbonyl (C=O) groups is 8. The number of methoxy groups -OCH3 is 4. The lowest BCUT2D eigenvalue weighted by Crippen LogP contribution is -2.38. The summed E-state index contributed by atoms with van der Waals surface area (Å²) in [6.45, 7) is 14.2. The van der Waals surface area contributed by atoms with Crippen LogP contribution in [0.25, 0.3) is 0 Å². The van der Waals surface area contributed by atoms with Crippen LogP contribution in [-0.4, -0.2) is 148 Å². The number of amides is 4. The molecule has 0 aromatic heterocycles. The molecular formula is C62H88N6O16. The highest BCUT2D eigenvalue weighted by Crippen LogP contribution is 2.31. The molecule has 0 saturated heterocycles. The molecule has 4 aliphatic rings. The lowest BCUT2D eigenvalue weighted by molar-refractivity contribution is -0.120. The third-order valence-electron chi connectivity index (χ3n) is 15.4. The van der Waals surface area contributed by atoms with Crippen LogP contribution in [-0.2, 0) is 57.2 Å². The van der Waals surface area contributed by atoms with Crippen molar-refractivity contribution < 1.29 is 77.0 Å². The number of primary amides is 2. The van der Waals surface area contributed by atoms with Crippen LogP contribution in [0, 0.1) is 23.7 Å². The average molecular weight is 1170 g/mol. The second-order valence-corrected chi connectivity index (χ2v) is 22.2. The van der Waals surface area contributed by atoms with Crippen molar-refractivity contribution in [3.05, 3.63) is 117 Å². The van der Waals surface area contributed by atoms with Gasteiger partial charge in [0.05, 0.1) is 59.4 Å². The van der Waals surface area contributed by atoms with Gasteiger partial charge < -0.3 is 71.4 Å². The van der Waals surface area contributed by atoms with Crippen LogP contribution in [0.2, 0.25) is 0 Å². The number of fused-ring (bicyclic) bond motifs is 4. The normalized spacial score (nSPS) is 31.8. The molecule has 2 heterocycles. The highest BCUT2D eigenvalue weighted by Gasteiger charge is 2.36. The van der Waals surface area contributed by atoms with Gasteiger partial charge in [0.1, 0.15) is 12.2 Å². The van der Waals surface area contributed by atoms with Crippen LogP contribution in [0.4, 0.5) is 9.59 Å². The number of aliphatic hydroxyl groups is 2. The highest BCUT2D eigenvalue weighted by atomic mass is 16.6. The van der Waals surface area contributed by atoms with Gasteiger partial charge in [0.25, 0.3) is 11.8 Å². The zero-order valence-corrected chi connectivity index (χ0v) is 50.5. The third-order valence-corrected chi connectivity index (χ3v) is 15.4. The summed E-state index contributed by atoms with van der Waals surface area (Å²) < 4.78 is 33.8. The number of unbranched alkanes of at least 4 members (excludes halogenated alkanes) is 1. The maximum Gasteiger partial charge on any atom is 0.405 e. The van der Waals surface area contributed by atoms with E-state index in [0.717, 1.165) is 12.2 Å². The molecule has 0 saturated carbocycles. The lowest BCUT2D eigenvalue weighted by atomic mass is 9.85. The molecule has 22 heteroatoms. The second kappa shape index (κ2) is 33.4. The smallest absolute Gasteiger partial charge is 0.405 e. The summed E-state index contributed by atoms with van der Waals surface area (Å²) in [6.07, 6.45) is 8.54. The summed E-state index contributed by atoms with van der Waals surface area (Å²) in [6, 6.07) is 0. The fourth-order valence-electron chi connectivity index (χ4n) is 10.5. The number of nitrogens with one attached hydrogen (secondary N) is 4. The van der Waals surface area contributed by atoms with Crippen LogP contribution in [0.5, 0.6) is 0 Å². The first kappa shape index (κ1) is 69.4.